The number of benzene rings is 1. The molecule has 0 aliphatic heterocycles. The van der Waals surface area contributed by atoms with E-state index in [1.807, 2.05) is 13.0 Å². The highest BCUT2D eigenvalue weighted by Crippen LogP contribution is 2.29. The normalized spacial score (nSPS) is 12.7. The zero-order chi connectivity index (χ0) is 12.4. The van der Waals surface area contributed by atoms with Crippen molar-refractivity contribution in [1.29, 1.82) is 0 Å². The van der Waals surface area contributed by atoms with Crippen LogP contribution in [-0.4, -0.2) is 10.2 Å². The van der Waals surface area contributed by atoms with Gasteiger partial charge in [-0.1, -0.05) is 34.2 Å². The van der Waals surface area contributed by atoms with Crippen LogP contribution in [0.3, 0.4) is 0 Å². The molecule has 0 bridgehead atoms. The predicted molar refractivity (Wildman–Crippen MR) is 70.2 cm³/mol. The Hall–Kier alpha value is -0.850. The second-order valence-corrected chi connectivity index (χ2v) is 5.54. The van der Waals surface area contributed by atoms with E-state index >= 15 is 0 Å². The highest BCUT2D eigenvalue weighted by Gasteiger charge is 2.12. The molecule has 3 nitrogen and oxygen atoms in total. The van der Waals surface area contributed by atoms with Crippen LogP contribution in [0.25, 0.3) is 10.6 Å². The van der Waals surface area contributed by atoms with Crippen molar-refractivity contribution in [2.45, 2.75) is 19.4 Å². The van der Waals surface area contributed by atoms with Gasteiger partial charge >= 0.3 is 0 Å². The van der Waals surface area contributed by atoms with Gasteiger partial charge in [-0.15, -0.1) is 10.2 Å². The zero-order valence-corrected chi connectivity index (χ0v) is 11.6. The smallest absolute Gasteiger partial charge is 0.147 e. The fourth-order valence-corrected chi connectivity index (χ4v) is 2.73. The van der Waals surface area contributed by atoms with Gasteiger partial charge in [0.2, 0.25) is 0 Å². The summed E-state index contributed by atoms with van der Waals surface area (Å²) in [5.41, 5.74) is 6.58. The Bertz CT molecular complexity index is 509. The average molecular weight is 316 g/mol. The molecular formula is C11H11BrFN3S. The molecule has 0 radical (unpaired) electrons. The van der Waals surface area contributed by atoms with Crippen LogP contribution in [-0.2, 0) is 0 Å². The first-order valence-corrected chi connectivity index (χ1v) is 6.76. The molecule has 2 N–H and O–H groups in total. The molecule has 1 atom stereocenters. The maximum absolute atomic E-state index is 13.2. The molecule has 0 fully saturated rings. The maximum Gasteiger partial charge on any atom is 0.147 e. The van der Waals surface area contributed by atoms with Gasteiger partial charge in [0, 0.05) is 10.0 Å². The summed E-state index contributed by atoms with van der Waals surface area (Å²) in [6.45, 7) is 1.99. The summed E-state index contributed by atoms with van der Waals surface area (Å²) in [5, 5.41) is 9.53. The monoisotopic (exact) mass is 315 g/mol. The fraction of sp³-hybridized carbons (Fsp3) is 0.273. The van der Waals surface area contributed by atoms with Crippen LogP contribution in [0.5, 0.6) is 0 Å². The molecule has 90 valence electrons. The Morgan fingerprint density at radius 3 is 2.82 bits per heavy atom. The van der Waals surface area contributed by atoms with E-state index in [0.29, 0.717) is 15.0 Å². The molecule has 1 aromatic heterocycles. The van der Waals surface area contributed by atoms with E-state index < -0.39 is 0 Å². The first-order chi connectivity index (χ1) is 8.10. The summed E-state index contributed by atoms with van der Waals surface area (Å²) in [5.74, 6) is -0.300. The quantitative estimate of drug-likeness (QED) is 0.942. The number of nitrogens with zero attached hydrogens (tertiary/aromatic N) is 2. The van der Waals surface area contributed by atoms with Crippen LogP contribution in [0.15, 0.2) is 22.7 Å². The number of aromatic nitrogens is 2. The van der Waals surface area contributed by atoms with Crippen LogP contribution in [0.2, 0.25) is 0 Å². The zero-order valence-electron chi connectivity index (χ0n) is 9.15. The van der Waals surface area contributed by atoms with Gasteiger partial charge in [-0.2, -0.15) is 0 Å². The van der Waals surface area contributed by atoms with Gasteiger partial charge in [-0.25, -0.2) is 4.39 Å². The number of halogens is 2. The van der Waals surface area contributed by atoms with Crippen molar-refractivity contribution >= 4 is 27.3 Å². The Morgan fingerprint density at radius 1 is 1.41 bits per heavy atom. The second-order valence-electron chi connectivity index (χ2n) is 3.62. The van der Waals surface area contributed by atoms with Gasteiger partial charge in [0.05, 0.1) is 6.04 Å². The maximum atomic E-state index is 13.2. The van der Waals surface area contributed by atoms with E-state index in [-0.39, 0.29) is 11.9 Å². The second kappa shape index (κ2) is 5.20. The molecule has 1 aromatic carbocycles. The lowest BCUT2D eigenvalue weighted by Gasteiger charge is -2.01. The van der Waals surface area contributed by atoms with Crippen molar-refractivity contribution in [3.05, 3.63) is 33.5 Å². The van der Waals surface area contributed by atoms with E-state index in [4.69, 9.17) is 5.73 Å². The molecule has 17 heavy (non-hydrogen) atoms. The lowest BCUT2D eigenvalue weighted by Crippen LogP contribution is -2.07. The molecule has 2 rings (SSSR count). The molecule has 6 heteroatoms. The Kier molecular flexibility index (Phi) is 3.86. The minimum atomic E-state index is -0.300. The van der Waals surface area contributed by atoms with Gasteiger partial charge in [0.15, 0.2) is 0 Å². The fourth-order valence-electron chi connectivity index (χ4n) is 1.35. The molecule has 0 aliphatic rings. The van der Waals surface area contributed by atoms with E-state index in [2.05, 4.69) is 26.1 Å². The minimum absolute atomic E-state index is 0.0988. The van der Waals surface area contributed by atoms with Gasteiger partial charge in [0.1, 0.15) is 15.8 Å². The molecular weight excluding hydrogens is 305 g/mol. The summed E-state index contributed by atoms with van der Waals surface area (Å²) in [4.78, 5) is 0. The van der Waals surface area contributed by atoms with Crippen LogP contribution < -0.4 is 5.73 Å². The summed E-state index contributed by atoms with van der Waals surface area (Å²) in [7, 11) is 0. The largest absolute Gasteiger partial charge is 0.322 e. The van der Waals surface area contributed by atoms with Gasteiger partial charge < -0.3 is 5.73 Å². The summed E-state index contributed by atoms with van der Waals surface area (Å²) in [6.07, 6.45) is 0.807. The van der Waals surface area contributed by atoms with Crippen molar-refractivity contribution < 1.29 is 4.39 Å². The van der Waals surface area contributed by atoms with Crippen molar-refractivity contribution in [3.8, 4) is 10.6 Å². The van der Waals surface area contributed by atoms with E-state index in [0.717, 1.165) is 11.4 Å². The van der Waals surface area contributed by atoms with Gasteiger partial charge in [-0.3, -0.25) is 0 Å². The van der Waals surface area contributed by atoms with E-state index in [1.165, 1.54) is 23.5 Å². The summed E-state index contributed by atoms with van der Waals surface area (Å²) < 4.78 is 13.9. The van der Waals surface area contributed by atoms with E-state index in [1.54, 1.807) is 0 Å². The van der Waals surface area contributed by atoms with Crippen LogP contribution in [0, 0.1) is 5.82 Å². The highest BCUT2D eigenvalue weighted by atomic mass is 79.9. The van der Waals surface area contributed by atoms with Gasteiger partial charge in [0.25, 0.3) is 0 Å². The first kappa shape index (κ1) is 12.6. The lowest BCUT2D eigenvalue weighted by atomic mass is 10.2. The molecule has 0 aliphatic carbocycles. The SMILES string of the molecule is CCC(N)c1nnc(-c2cc(F)cc(Br)c2)s1. The van der Waals surface area contributed by atoms with Crippen molar-refractivity contribution in [2.24, 2.45) is 5.73 Å². The summed E-state index contributed by atoms with van der Waals surface area (Å²) >= 11 is 4.65. The minimum Gasteiger partial charge on any atom is -0.322 e. The topological polar surface area (TPSA) is 51.8 Å². The Labute approximate surface area is 111 Å². The molecule has 2 aromatic rings. The number of hydrogen-bond acceptors (Lipinski definition) is 4. The number of nitrogens with two attached hydrogens (primary N) is 1. The van der Waals surface area contributed by atoms with Crippen LogP contribution in [0.4, 0.5) is 4.39 Å². The first-order valence-electron chi connectivity index (χ1n) is 5.15. The molecule has 0 amide bonds. The molecule has 0 spiro atoms. The Balaban J connectivity index is 2.36. The van der Waals surface area contributed by atoms with E-state index in [9.17, 15) is 4.39 Å². The Morgan fingerprint density at radius 2 is 2.18 bits per heavy atom. The molecule has 1 unspecified atom stereocenters. The third-order valence-corrected chi connectivity index (χ3v) is 3.87. The average Bonchev–Trinajstić information content (AvgIpc) is 2.76. The standard InChI is InChI=1S/C11H11BrFN3S/c1-2-9(14)11-16-15-10(17-11)6-3-7(12)5-8(13)4-6/h3-5,9H,2,14H2,1H3. The van der Waals surface area contributed by atoms with Crippen molar-refractivity contribution in [3.63, 3.8) is 0 Å². The predicted octanol–water partition coefficient (Wildman–Crippen LogP) is 3.52. The van der Waals surface area contributed by atoms with Crippen LogP contribution in [0.1, 0.15) is 24.4 Å². The lowest BCUT2D eigenvalue weighted by molar-refractivity contribution is 0.627. The van der Waals surface area contributed by atoms with Crippen molar-refractivity contribution in [2.75, 3.05) is 0 Å². The number of rotatable bonds is 3. The molecule has 0 saturated heterocycles. The van der Waals surface area contributed by atoms with Crippen molar-refractivity contribution in [1.82, 2.24) is 10.2 Å². The summed E-state index contributed by atoms with van der Waals surface area (Å²) in [6, 6.07) is 4.55. The van der Waals surface area contributed by atoms with Gasteiger partial charge in [-0.05, 0) is 24.6 Å². The highest BCUT2D eigenvalue weighted by molar-refractivity contribution is 9.10. The van der Waals surface area contributed by atoms with Crippen LogP contribution >= 0.6 is 27.3 Å². The number of hydrogen-bond donors (Lipinski definition) is 1. The molecule has 0 saturated carbocycles. The third-order valence-electron chi connectivity index (χ3n) is 2.31. The third kappa shape index (κ3) is 2.88. The molecule has 1 heterocycles.